The van der Waals surface area contributed by atoms with Crippen LogP contribution in [0.4, 0.5) is 4.79 Å². The Morgan fingerprint density at radius 2 is 1.79 bits per heavy atom. The lowest BCUT2D eigenvalue weighted by molar-refractivity contribution is -0.123. The Bertz CT molecular complexity index is 1600. The van der Waals surface area contributed by atoms with E-state index >= 15 is 0 Å². The van der Waals surface area contributed by atoms with Crippen molar-refractivity contribution in [1.29, 1.82) is 5.26 Å². The zero-order valence-corrected chi connectivity index (χ0v) is 23.7. The second kappa shape index (κ2) is 11.9. The van der Waals surface area contributed by atoms with Crippen LogP contribution in [-0.2, 0) is 4.79 Å². The summed E-state index contributed by atoms with van der Waals surface area (Å²) < 4.78 is 6.10. The van der Waals surface area contributed by atoms with Crippen LogP contribution in [0.2, 0.25) is 5.02 Å². The summed E-state index contributed by atoms with van der Waals surface area (Å²) in [5.41, 5.74) is 2.41. The lowest BCUT2D eigenvalue weighted by Crippen LogP contribution is -2.55. The molecule has 5 rings (SSSR count). The van der Waals surface area contributed by atoms with Crippen molar-refractivity contribution in [1.82, 2.24) is 15.1 Å². The quantitative estimate of drug-likeness (QED) is 0.427. The Morgan fingerprint density at radius 3 is 2.40 bits per heavy atom. The summed E-state index contributed by atoms with van der Waals surface area (Å²) >= 11 is 6.19. The summed E-state index contributed by atoms with van der Waals surface area (Å²) in [5, 5.41) is 22.3. The molecule has 10 nitrogen and oxygen atoms in total. The van der Waals surface area contributed by atoms with Crippen molar-refractivity contribution in [2.24, 2.45) is 4.99 Å². The summed E-state index contributed by atoms with van der Waals surface area (Å²) in [6, 6.07) is 18.8. The molecule has 42 heavy (non-hydrogen) atoms. The first kappa shape index (κ1) is 28.6. The van der Waals surface area contributed by atoms with E-state index in [4.69, 9.17) is 21.3 Å². The number of hydrogen-bond donors (Lipinski definition) is 2. The minimum atomic E-state index is -1.07. The monoisotopic (exact) mass is 585 g/mol. The second-order valence-electron chi connectivity index (χ2n) is 10.2. The number of carbonyl (C=O) groups is 3. The van der Waals surface area contributed by atoms with Crippen LogP contribution in [0.3, 0.4) is 0 Å². The van der Waals surface area contributed by atoms with Gasteiger partial charge in [0.1, 0.15) is 24.2 Å². The topological polar surface area (TPSA) is 135 Å². The second-order valence-corrected chi connectivity index (χ2v) is 10.7. The number of carbonyl (C=O) groups excluding carboxylic acids is 2. The van der Waals surface area contributed by atoms with Crippen LogP contribution in [0.15, 0.2) is 71.7 Å². The summed E-state index contributed by atoms with van der Waals surface area (Å²) in [6.45, 7) is 4.20. The number of amides is 3. The maximum absolute atomic E-state index is 14.4. The SMILES string of the molecule is CC(C)Oc1cc(C#N)ccc1C1=NC(c2ccc(Cl)cc2)C(c2ccc(C(=O)O)cc2)N1C(=O)N1CCNC(=O)C1. The van der Waals surface area contributed by atoms with Gasteiger partial charge in [0, 0.05) is 18.1 Å². The molecule has 11 heteroatoms. The molecule has 214 valence electrons. The van der Waals surface area contributed by atoms with E-state index in [-0.39, 0.29) is 24.1 Å². The summed E-state index contributed by atoms with van der Waals surface area (Å²) in [7, 11) is 0. The third kappa shape index (κ3) is 5.78. The molecule has 2 heterocycles. The Morgan fingerprint density at radius 1 is 1.10 bits per heavy atom. The van der Waals surface area contributed by atoms with E-state index in [1.807, 2.05) is 26.0 Å². The van der Waals surface area contributed by atoms with Gasteiger partial charge in [-0.2, -0.15) is 5.26 Å². The first-order chi connectivity index (χ1) is 20.2. The van der Waals surface area contributed by atoms with Gasteiger partial charge in [-0.1, -0.05) is 35.9 Å². The highest BCUT2D eigenvalue weighted by atomic mass is 35.5. The average molecular weight is 586 g/mol. The number of nitrogens with one attached hydrogen (secondary N) is 1. The number of nitriles is 1. The molecule has 2 unspecified atom stereocenters. The first-order valence-electron chi connectivity index (χ1n) is 13.4. The zero-order valence-electron chi connectivity index (χ0n) is 23.0. The van der Waals surface area contributed by atoms with Crippen molar-refractivity contribution in [2.75, 3.05) is 19.6 Å². The van der Waals surface area contributed by atoms with E-state index in [1.165, 1.54) is 17.0 Å². The number of amidine groups is 1. The number of piperazine rings is 1. The predicted molar refractivity (Wildman–Crippen MR) is 156 cm³/mol. The van der Waals surface area contributed by atoms with Crippen LogP contribution < -0.4 is 10.1 Å². The first-order valence-corrected chi connectivity index (χ1v) is 13.8. The van der Waals surface area contributed by atoms with Crippen molar-refractivity contribution in [3.8, 4) is 11.8 Å². The van der Waals surface area contributed by atoms with Crippen LogP contribution in [0.5, 0.6) is 5.75 Å². The van der Waals surface area contributed by atoms with Crippen molar-refractivity contribution >= 4 is 35.3 Å². The third-order valence-corrected chi connectivity index (χ3v) is 7.26. The Labute approximate surface area is 247 Å². The molecule has 1 saturated heterocycles. The van der Waals surface area contributed by atoms with Gasteiger partial charge in [0.05, 0.1) is 34.9 Å². The van der Waals surface area contributed by atoms with Crippen LogP contribution in [0, 0.1) is 11.3 Å². The smallest absolute Gasteiger partial charge is 0.335 e. The minimum Gasteiger partial charge on any atom is -0.490 e. The molecule has 0 aromatic heterocycles. The van der Waals surface area contributed by atoms with Gasteiger partial charge in [0.25, 0.3) is 0 Å². The van der Waals surface area contributed by atoms with Gasteiger partial charge < -0.3 is 20.1 Å². The lowest BCUT2D eigenvalue weighted by Gasteiger charge is -2.36. The van der Waals surface area contributed by atoms with Gasteiger partial charge in [0.2, 0.25) is 5.91 Å². The molecule has 2 N–H and O–H groups in total. The molecule has 0 bridgehead atoms. The van der Waals surface area contributed by atoms with Crippen LogP contribution in [0.25, 0.3) is 0 Å². The highest BCUT2D eigenvalue weighted by Gasteiger charge is 2.45. The molecule has 3 aromatic carbocycles. The molecule has 3 amide bonds. The highest BCUT2D eigenvalue weighted by molar-refractivity contribution is 6.30. The van der Waals surface area contributed by atoms with Crippen LogP contribution >= 0.6 is 11.6 Å². The van der Waals surface area contributed by atoms with E-state index in [9.17, 15) is 24.8 Å². The summed E-state index contributed by atoms with van der Waals surface area (Å²) in [4.78, 5) is 46.3. The molecule has 0 aliphatic carbocycles. The maximum atomic E-state index is 14.4. The molecule has 2 aliphatic rings. The van der Waals surface area contributed by atoms with Gasteiger partial charge in [-0.25, -0.2) is 9.59 Å². The molecule has 2 aliphatic heterocycles. The largest absolute Gasteiger partial charge is 0.490 e. The Hall–Kier alpha value is -4.88. The molecule has 0 radical (unpaired) electrons. The number of urea groups is 1. The Balaban J connectivity index is 1.72. The van der Waals surface area contributed by atoms with Gasteiger partial charge in [-0.05, 0) is 67.4 Å². The number of aromatic carboxylic acids is 1. The molecular formula is C31H28ClN5O5. The van der Waals surface area contributed by atoms with E-state index in [0.29, 0.717) is 46.4 Å². The van der Waals surface area contributed by atoms with Crippen molar-refractivity contribution in [3.05, 3.63) is 99.6 Å². The summed E-state index contributed by atoms with van der Waals surface area (Å²) in [5.74, 6) is -0.655. The number of ether oxygens (including phenoxy) is 1. The normalized spacial score (nSPS) is 18.4. The molecule has 0 spiro atoms. The average Bonchev–Trinajstić information content (AvgIpc) is 3.37. The van der Waals surface area contributed by atoms with E-state index in [1.54, 1.807) is 47.4 Å². The molecule has 1 fully saturated rings. The van der Waals surface area contributed by atoms with E-state index in [0.717, 1.165) is 5.56 Å². The number of hydrogen-bond acceptors (Lipinski definition) is 6. The van der Waals surface area contributed by atoms with Crippen molar-refractivity contribution in [3.63, 3.8) is 0 Å². The standard InChI is InChI=1S/C31H28ClN5O5/c1-18(2)42-25-15-19(16-33)3-12-24(25)29-35-27(20-8-10-23(32)11-9-20)28(21-4-6-22(7-5-21)30(39)40)37(29)31(41)36-14-13-34-26(38)17-36/h3-12,15,18,27-28H,13-14,17H2,1-2H3,(H,34,38)(H,39,40). The van der Waals surface area contributed by atoms with Crippen molar-refractivity contribution < 1.29 is 24.2 Å². The minimum absolute atomic E-state index is 0.103. The Kier molecular flexibility index (Phi) is 8.13. The van der Waals surface area contributed by atoms with E-state index < -0.39 is 24.1 Å². The number of halogens is 1. The zero-order chi connectivity index (χ0) is 30.0. The highest BCUT2D eigenvalue weighted by Crippen LogP contribution is 2.45. The molecule has 3 aromatic rings. The van der Waals surface area contributed by atoms with E-state index in [2.05, 4.69) is 11.4 Å². The number of carboxylic acids is 1. The van der Waals surface area contributed by atoms with Crippen LogP contribution in [-0.4, -0.2) is 64.4 Å². The molecule has 0 saturated carbocycles. The summed E-state index contributed by atoms with van der Waals surface area (Å²) in [6.07, 6.45) is -0.235. The number of aliphatic imine (C=N–C) groups is 1. The maximum Gasteiger partial charge on any atom is 0.335 e. The number of benzene rings is 3. The van der Waals surface area contributed by atoms with Gasteiger partial charge in [-0.15, -0.1) is 0 Å². The molecule has 2 atom stereocenters. The number of nitrogens with zero attached hydrogens (tertiary/aromatic N) is 4. The third-order valence-electron chi connectivity index (χ3n) is 7.01. The fourth-order valence-corrected chi connectivity index (χ4v) is 5.23. The van der Waals surface area contributed by atoms with Crippen LogP contribution in [0.1, 0.15) is 58.5 Å². The molecular weight excluding hydrogens is 558 g/mol. The van der Waals surface area contributed by atoms with Gasteiger partial charge >= 0.3 is 12.0 Å². The fraction of sp³-hybridized carbons (Fsp3) is 0.258. The number of rotatable bonds is 6. The predicted octanol–water partition coefficient (Wildman–Crippen LogP) is 4.79. The fourth-order valence-electron chi connectivity index (χ4n) is 5.10. The number of carboxylic acid groups (broad SMARTS) is 1. The lowest BCUT2D eigenvalue weighted by atomic mass is 9.93. The van der Waals surface area contributed by atoms with Crippen molar-refractivity contribution in [2.45, 2.75) is 32.0 Å². The van der Waals surface area contributed by atoms with Gasteiger partial charge in [-0.3, -0.25) is 14.7 Å². The van der Waals surface area contributed by atoms with Gasteiger partial charge in [0.15, 0.2) is 0 Å².